The molecule has 0 spiro atoms. The van der Waals surface area contributed by atoms with Crippen LogP contribution in [0.4, 0.5) is 0 Å². The Balaban J connectivity index is 1.54. The maximum absolute atomic E-state index is 12.3. The summed E-state index contributed by atoms with van der Waals surface area (Å²) in [6, 6.07) is 13.2. The first-order valence-electron chi connectivity index (χ1n) is 10.2. The standard InChI is InChI=1S/C22H24N6O5S/c1-27(2)34(31,32)16-8-9-18-17(12-16)24-20(28(18)3)10-11-21(29)25-26-22(30)14-33-19-7-5-4-6-15(19)13-23/h4-9,12H,10-11,14H2,1-3H3,(H,25,29)(H,26,30). The van der Waals surface area contributed by atoms with E-state index in [1.165, 1.54) is 26.2 Å². The Labute approximate surface area is 197 Å². The van der Waals surface area contributed by atoms with Crippen molar-refractivity contribution in [1.82, 2.24) is 24.7 Å². The fraction of sp³-hybridized carbons (Fsp3) is 0.273. The number of carbonyl (C=O) groups excluding carboxylic acids is 2. The lowest BCUT2D eigenvalue weighted by Gasteiger charge is -2.11. The van der Waals surface area contributed by atoms with Crippen molar-refractivity contribution in [3.05, 3.63) is 53.9 Å². The van der Waals surface area contributed by atoms with Gasteiger partial charge in [0.25, 0.3) is 5.91 Å². The third-order valence-electron chi connectivity index (χ3n) is 5.01. The van der Waals surface area contributed by atoms with Gasteiger partial charge in [0, 0.05) is 34.0 Å². The third-order valence-corrected chi connectivity index (χ3v) is 6.82. The van der Waals surface area contributed by atoms with Crippen LogP contribution in [0.1, 0.15) is 17.8 Å². The van der Waals surface area contributed by atoms with Gasteiger partial charge in [-0.05, 0) is 30.3 Å². The van der Waals surface area contributed by atoms with Gasteiger partial charge in [-0.25, -0.2) is 17.7 Å². The van der Waals surface area contributed by atoms with Crippen LogP contribution in [0.5, 0.6) is 5.75 Å². The lowest BCUT2D eigenvalue weighted by molar-refractivity contribution is -0.130. The highest BCUT2D eigenvalue weighted by molar-refractivity contribution is 7.89. The normalized spacial score (nSPS) is 11.3. The van der Waals surface area contributed by atoms with Crippen molar-refractivity contribution in [3.8, 4) is 11.8 Å². The Bertz CT molecular complexity index is 1370. The number of aromatic nitrogens is 2. The zero-order valence-electron chi connectivity index (χ0n) is 18.9. The van der Waals surface area contributed by atoms with Crippen LogP contribution in [-0.4, -0.2) is 54.8 Å². The van der Waals surface area contributed by atoms with Crippen LogP contribution >= 0.6 is 0 Å². The molecular formula is C22H24N6O5S. The van der Waals surface area contributed by atoms with Crippen LogP contribution < -0.4 is 15.6 Å². The summed E-state index contributed by atoms with van der Waals surface area (Å²) in [6.07, 6.45) is 0.313. The molecular weight excluding hydrogens is 460 g/mol. The number of nitriles is 1. The summed E-state index contributed by atoms with van der Waals surface area (Å²) in [5, 5.41) is 9.03. The fourth-order valence-corrected chi connectivity index (χ4v) is 4.04. The van der Waals surface area contributed by atoms with E-state index in [0.717, 1.165) is 9.82 Å². The molecule has 2 N–H and O–H groups in total. The second kappa shape index (κ2) is 10.3. The number of fused-ring (bicyclic) bond motifs is 1. The number of hydrogen-bond acceptors (Lipinski definition) is 7. The molecule has 0 aliphatic carbocycles. The number of hydrazine groups is 1. The minimum atomic E-state index is -3.59. The Morgan fingerprint density at radius 3 is 2.56 bits per heavy atom. The maximum atomic E-state index is 12.3. The highest BCUT2D eigenvalue weighted by Gasteiger charge is 2.19. The number of benzene rings is 2. The van der Waals surface area contributed by atoms with E-state index < -0.39 is 21.8 Å². The summed E-state index contributed by atoms with van der Waals surface area (Å²) >= 11 is 0. The average Bonchev–Trinajstić information content (AvgIpc) is 3.14. The number of carbonyl (C=O) groups is 2. The molecule has 34 heavy (non-hydrogen) atoms. The zero-order valence-corrected chi connectivity index (χ0v) is 19.7. The van der Waals surface area contributed by atoms with E-state index in [0.29, 0.717) is 16.9 Å². The lowest BCUT2D eigenvalue weighted by Crippen LogP contribution is -2.44. The molecule has 2 amide bonds. The molecule has 0 radical (unpaired) electrons. The number of ether oxygens (including phenoxy) is 1. The highest BCUT2D eigenvalue weighted by Crippen LogP contribution is 2.22. The van der Waals surface area contributed by atoms with Crippen molar-refractivity contribution in [3.63, 3.8) is 0 Å². The number of amides is 2. The lowest BCUT2D eigenvalue weighted by atomic mass is 10.2. The molecule has 12 heteroatoms. The fourth-order valence-electron chi connectivity index (χ4n) is 3.12. The number of imidazole rings is 1. The summed E-state index contributed by atoms with van der Waals surface area (Å²) in [4.78, 5) is 28.7. The Morgan fingerprint density at radius 1 is 1.15 bits per heavy atom. The molecule has 178 valence electrons. The van der Waals surface area contributed by atoms with Gasteiger partial charge in [0.15, 0.2) is 6.61 Å². The van der Waals surface area contributed by atoms with Crippen LogP contribution in [0.15, 0.2) is 47.4 Å². The number of nitrogens with one attached hydrogen (secondary N) is 2. The smallest absolute Gasteiger partial charge is 0.276 e. The first-order valence-corrected chi connectivity index (χ1v) is 11.6. The molecule has 1 aromatic heterocycles. The molecule has 0 aliphatic rings. The summed E-state index contributed by atoms with van der Waals surface area (Å²) in [5.41, 5.74) is 6.10. The monoisotopic (exact) mass is 484 g/mol. The van der Waals surface area contributed by atoms with E-state index in [9.17, 15) is 18.0 Å². The van der Waals surface area contributed by atoms with Crippen LogP contribution in [0.25, 0.3) is 11.0 Å². The minimum Gasteiger partial charge on any atom is -0.482 e. The molecule has 0 bridgehead atoms. The van der Waals surface area contributed by atoms with Gasteiger partial charge in [0.05, 0.1) is 21.5 Å². The zero-order chi connectivity index (χ0) is 24.9. The van der Waals surface area contributed by atoms with Crippen molar-refractivity contribution in [1.29, 1.82) is 5.26 Å². The molecule has 2 aromatic carbocycles. The molecule has 0 unspecified atom stereocenters. The van der Waals surface area contributed by atoms with E-state index in [1.807, 2.05) is 6.07 Å². The average molecular weight is 485 g/mol. The van der Waals surface area contributed by atoms with E-state index in [-0.39, 0.29) is 30.1 Å². The molecule has 0 fully saturated rings. The van der Waals surface area contributed by atoms with Crippen LogP contribution in [0.3, 0.4) is 0 Å². The van der Waals surface area contributed by atoms with Gasteiger partial charge in [-0.1, -0.05) is 12.1 Å². The third kappa shape index (κ3) is 5.51. The predicted octanol–water partition coefficient (Wildman–Crippen LogP) is 0.854. The molecule has 3 rings (SSSR count). The van der Waals surface area contributed by atoms with Gasteiger partial charge in [-0.3, -0.25) is 20.4 Å². The number of rotatable bonds is 8. The molecule has 0 saturated heterocycles. The Kier molecular flexibility index (Phi) is 7.50. The second-order valence-corrected chi connectivity index (χ2v) is 9.67. The van der Waals surface area contributed by atoms with Gasteiger partial charge in [-0.15, -0.1) is 0 Å². The first kappa shape index (κ1) is 24.7. The van der Waals surface area contributed by atoms with Crippen molar-refractivity contribution in [2.24, 2.45) is 7.05 Å². The molecule has 3 aromatic rings. The Morgan fingerprint density at radius 2 is 1.85 bits per heavy atom. The van der Waals surface area contributed by atoms with E-state index in [4.69, 9.17) is 10.00 Å². The van der Waals surface area contributed by atoms with Gasteiger partial charge < -0.3 is 9.30 Å². The summed E-state index contributed by atoms with van der Waals surface area (Å²) in [7, 11) is 1.11. The minimum absolute atomic E-state index is 0.0401. The quantitative estimate of drug-likeness (QED) is 0.451. The summed E-state index contributed by atoms with van der Waals surface area (Å²) in [6.45, 7) is -0.373. The SMILES string of the molecule is CN(C)S(=O)(=O)c1ccc2c(c1)nc(CCC(=O)NNC(=O)COc1ccccc1C#N)n2C. The Hall–Kier alpha value is -3.95. The van der Waals surface area contributed by atoms with Gasteiger partial charge in [0.1, 0.15) is 17.6 Å². The van der Waals surface area contributed by atoms with Crippen LogP contribution in [-0.2, 0) is 33.1 Å². The van der Waals surface area contributed by atoms with E-state index >= 15 is 0 Å². The van der Waals surface area contributed by atoms with Crippen molar-refractivity contribution < 1.29 is 22.7 Å². The number of hydrogen-bond donors (Lipinski definition) is 2. The number of para-hydroxylation sites is 1. The van der Waals surface area contributed by atoms with Gasteiger partial charge in [0.2, 0.25) is 15.9 Å². The van der Waals surface area contributed by atoms with Crippen molar-refractivity contribution >= 4 is 32.9 Å². The van der Waals surface area contributed by atoms with Gasteiger partial charge >= 0.3 is 0 Å². The topological polar surface area (TPSA) is 146 Å². The molecule has 1 heterocycles. The molecule has 0 atom stereocenters. The van der Waals surface area contributed by atoms with E-state index in [1.54, 1.807) is 41.9 Å². The van der Waals surface area contributed by atoms with Crippen molar-refractivity contribution in [2.75, 3.05) is 20.7 Å². The summed E-state index contributed by atoms with van der Waals surface area (Å²) < 4.78 is 32.9. The largest absolute Gasteiger partial charge is 0.482 e. The van der Waals surface area contributed by atoms with E-state index in [2.05, 4.69) is 15.8 Å². The number of sulfonamides is 1. The summed E-state index contributed by atoms with van der Waals surface area (Å²) in [5.74, 6) is -0.158. The van der Waals surface area contributed by atoms with Crippen LogP contribution in [0.2, 0.25) is 0 Å². The molecule has 0 saturated carbocycles. The second-order valence-electron chi connectivity index (χ2n) is 7.52. The number of nitrogens with zero attached hydrogens (tertiary/aromatic N) is 4. The molecule has 0 aliphatic heterocycles. The van der Waals surface area contributed by atoms with Crippen molar-refractivity contribution in [2.45, 2.75) is 17.7 Å². The van der Waals surface area contributed by atoms with Crippen LogP contribution in [0, 0.1) is 11.3 Å². The number of aryl methyl sites for hydroxylation is 2. The highest BCUT2D eigenvalue weighted by atomic mass is 32.2. The maximum Gasteiger partial charge on any atom is 0.276 e. The predicted molar refractivity (Wildman–Crippen MR) is 123 cm³/mol. The van der Waals surface area contributed by atoms with Gasteiger partial charge in [-0.2, -0.15) is 5.26 Å². The molecule has 11 nitrogen and oxygen atoms in total. The first-order chi connectivity index (χ1) is 16.1.